The van der Waals surface area contributed by atoms with Crippen molar-refractivity contribution in [1.29, 1.82) is 0 Å². The third-order valence-corrected chi connectivity index (χ3v) is 4.99. The first-order valence-corrected chi connectivity index (χ1v) is 8.37. The van der Waals surface area contributed by atoms with Crippen molar-refractivity contribution in [2.75, 3.05) is 31.1 Å². The van der Waals surface area contributed by atoms with Crippen molar-refractivity contribution in [3.05, 3.63) is 29.3 Å². The molecule has 1 atom stereocenters. The predicted molar refractivity (Wildman–Crippen MR) is 87.6 cm³/mol. The molecule has 4 rings (SSSR count). The zero-order chi connectivity index (χ0) is 16.7. The highest BCUT2D eigenvalue weighted by atomic mass is 16.2. The Morgan fingerprint density at radius 2 is 1.88 bits per heavy atom. The molecule has 3 aliphatic heterocycles. The number of imide groups is 1. The van der Waals surface area contributed by atoms with E-state index in [1.807, 2.05) is 12.1 Å². The van der Waals surface area contributed by atoms with Crippen LogP contribution in [0.4, 0.5) is 5.69 Å². The number of anilines is 1. The molecule has 3 aliphatic rings. The van der Waals surface area contributed by atoms with Gasteiger partial charge in [-0.3, -0.25) is 19.7 Å². The topological polar surface area (TPSA) is 81.8 Å². The smallest absolute Gasteiger partial charge is 0.255 e. The number of piperazine rings is 1. The Hall–Kier alpha value is -2.41. The molecular formula is C17H20N4O3. The number of carbonyl (C=O) groups is 3. The van der Waals surface area contributed by atoms with Crippen LogP contribution < -0.4 is 15.5 Å². The third-order valence-electron chi connectivity index (χ3n) is 4.99. The van der Waals surface area contributed by atoms with Gasteiger partial charge in [0, 0.05) is 50.4 Å². The zero-order valence-electron chi connectivity index (χ0n) is 13.4. The fourth-order valence-electron chi connectivity index (χ4n) is 3.68. The Labute approximate surface area is 140 Å². The molecule has 0 aromatic heterocycles. The average Bonchev–Trinajstić information content (AvgIpc) is 2.92. The normalized spacial score (nSPS) is 24.2. The largest absolute Gasteiger partial charge is 0.369 e. The minimum atomic E-state index is -0.551. The summed E-state index contributed by atoms with van der Waals surface area (Å²) in [6.07, 6.45) is 0.678. The van der Waals surface area contributed by atoms with Gasteiger partial charge in [0.1, 0.15) is 6.04 Å². The van der Waals surface area contributed by atoms with Crippen LogP contribution in [0.1, 0.15) is 28.8 Å². The number of hydrogen-bond donors (Lipinski definition) is 2. The molecule has 0 unspecified atom stereocenters. The first kappa shape index (κ1) is 15.1. The first-order chi connectivity index (χ1) is 11.6. The fraction of sp³-hybridized carbons (Fsp3) is 0.471. The zero-order valence-corrected chi connectivity index (χ0v) is 13.4. The summed E-state index contributed by atoms with van der Waals surface area (Å²) in [7, 11) is 0. The monoisotopic (exact) mass is 328 g/mol. The molecule has 7 nitrogen and oxygen atoms in total. The molecule has 2 N–H and O–H groups in total. The molecule has 126 valence electrons. The average molecular weight is 328 g/mol. The van der Waals surface area contributed by atoms with E-state index in [1.54, 1.807) is 4.90 Å². The molecule has 0 radical (unpaired) electrons. The van der Waals surface area contributed by atoms with Crippen molar-refractivity contribution >= 4 is 23.4 Å². The summed E-state index contributed by atoms with van der Waals surface area (Å²) in [5.41, 5.74) is 2.74. The second-order valence-electron chi connectivity index (χ2n) is 6.48. The fourth-order valence-corrected chi connectivity index (χ4v) is 3.68. The van der Waals surface area contributed by atoms with Gasteiger partial charge < -0.3 is 15.1 Å². The number of benzene rings is 1. The van der Waals surface area contributed by atoms with E-state index < -0.39 is 6.04 Å². The van der Waals surface area contributed by atoms with E-state index in [-0.39, 0.29) is 24.1 Å². The summed E-state index contributed by atoms with van der Waals surface area (Å²) in [6, 6.07) is 5.35. The maximum atomic E-state index is 12.6. The van der Waals surface area contributed by atoms with Gasteiger partial charge in [-0.25, -0.2) is 0 Å². The Kier molecular flexibility index (Phi) is 3.72. The SMILES string of the molecule is O=C1CC[C@@H](N2Cc3cc(N4CCNCC4)ccc3C2=O)C(=O)N1. The van der Waals surface area contributed by atoms with E-state index >= 15 is 0 Å². The molecule has 1 aromatic rings. The Morgan fingerprint density at radius 3 is 2.62 bits per heavy atom. The molecule has 7 heteroatoms. The lowest BCUT2D eigenvalue weighted by atomic mass is 10.0. The van der Waals surface area contributed by atoms with Crippen molar-refractivity contribution < 1.29 is 14.4 Å². The molecule has 0 aliphatic carbocycles. The lowest BCUT2D eigenvalue weighted by Crippen LogP contribution is -2.52. The molecular weight excluding hydrogens is 308 g/mol. The van der Waals surface area contributed by atoms with Crippen molar-refractivity contribution in [2.45, 2.75) is 25.4 Å². The standard InChI is InChI=1S/C17H20N4O3/c22-15-4-3-14(16(23)19-15)21-10-11-9-12(1-2-13(11)17(21)24)20-7-5-18-6-8-20/h1-2,9,14,18H,3-8,10H2,(H,19,22,23)/t14-/m1/s1. The van der Waals surface area contributed by atoms with Crippen LogP contribution in [0.15, 0.2) is 18.2 Å². The van der Waals surface area contributed by atoms with Gasteiger partial charge in [0.15, 0.2) is 0 Å². The summed E-state index contributed by atoms with van der Waals surface area (Å²) in [6.45, 7) is 4.24. The van der Waals surface area contributed by atoms with Crippen molar-refractivity contribution in [3.8, 4) is 0 Å². The van der Waals surface area contributed by atoms with E-state index in [1.165, 1.54) is 0 Å². The van der Waals surface area contributed by atoms with Gasteiger partial charge in [0.2, 0.25) is 11.8 Å². The van der Waals surface area contributed by atoms with E-state index in [2.05, 4.69) is 21.6 Å². The van der Waals surface area contributed by atoms with Crippen LogP contribution in [-0.2, 0) is 16.1 Å². The highest BCUT2D eigenvalue weighted by molar-refractivity contribution is 6.05. The number of carbonyl (C=O) groups excluding carboxylic acids is 3. The lowest BCUT2D eigenvalue weighted by molar-refractivity contribution is -0.136. The summed E-state index contributed by atoms with van der Waals surface area (Å²) >= 11 is 0. The van der Waals surface area contributed by atoms with Crippen LogP contribution in [0.2, 0.25) is 0 Å². The number of rotatable bonds is 2. The number of amides is 3. The van der Waals surface area contributed by atoms with Crippen LogP contribution in [0.3, 0.4) is 0 Å². The number of piperidine rings is 1. The van der Waals surface area contributed by atoms with Crippen LogP contribution in [-0.4, -0.2) is 54.8 Å². The quantitative estimate of drug-likeness (QED) is 0.739. The highest BCUT2D eigenvalue weighted by Crippen LogP contribution is 2.30. The first-order valence-electron chi connectivity index (χ1n) is 8.37. The maximum Gasteiger partial charge on any atom is 0.255 e. The molecule has 0 saturated carbocycles. The van der Waals surface area contributed by atoms with Gasteiger partial charge in [-0.2, -0.15) is 0 Å². The van der Waals surface area contributed by atoms with Crippen molar-refractivity contribution in [2.24, 2.45) is 0 Å². The Morgan fingerprint density at radius 1 is 1.08 bits per heavy atom. The molecule has 0 spiro atoms. The number of nitrogens with zero attached hydrogens (tertiary/aromatic N) is 2. The van der Waals surface area contributed by atoms with Crippen LogP contribution in [0.25, 0.3) is 0 Å². The third kappa shape index (κ3) is 2.54. The highest BCUT2D eigenvalue weighted by Gasteiger charge is 2.39. The van der Waals surface area contributed by atoms with Gasteiger partial charge in [-0.15, -0.1) is 0 Å². The molecule has 0 bridgehead atoms. The van der Waals surface area contributed by atoms with Crippen LogP contribution in [0.5, 0.6) is 0 Å². The van der Waals surface area contributed by atoms with Crippen molar-refractivity contribution in [3.63, 3.8) is 0 Å². The summed E-state index contributed by atoms with van der Waals surface area (Å²) in [5.74, 6) is -0.748. The van der Waals surface area contributed by atoms with E-state index in [0.29, 0.717) is 18.5 Å². The second-order valence-corrected chi connectivity index (χ2v) is 6.48. The van der Waals surface area contributed by atoms with E-state index in [4.69, 9.17) is 0 Å². The Bertz CT molecular complexity index is 712. The maximum absolute atomic E-state index is 12.6. The minimum Gasteiger partial charge on any atom is -0.369 e. The summed E-state index contributed by atoms with van der Waals surface area (Å²) in [5, 5.41) is 5.66. The summed E-state index contributed by atoms with van der Waals surface area (Å²) in [4.78, 5) is 39.9. The summed E-state index contributed by atoms with van der Waals surface area (Å²) < 4.78 is 0. The molecule has 3 heterocycles. The molecule has 3 amide bonds. The van der Waals surface area contributed by atoms with Gasteiger partial charge in [-0.1, -0.05) is 0 Å². The number of fused-ring (bicyclic) bond motifs is 1. The van der Waals surface area contributed by atoms with Gasteiger partial charge >= 0.3 is 0 Å². The van der Waals surface area contributed by atoms with Gasteiger partial charge in [-0.05, 0) is 30.2 Å². The predicted octanol–water partition coefficient (Wildman–Crippen LogP) is -0.143. The molecule has 2 fully saturated rings. The van der Waals surface area contributed by atoms with Gasteiger partial charge in [0.25, 0.3) is 5.91 Å². The Balaban J connectivity index is 1.55. The molecule has 2 saturated heterocycles. The van der Waals surface area contributed by atoms with Crippen LogP contribution in [0, 0.1) is 0 Å². The molecule has 24 heavy (non-hydrogen) atoms. The second kappa shape index (κ2) is 5.90. The lowest BCUT2D eigenvalue weighted by Gasteiger charge is -2.30. The van der Waals surface area contributed by atoms with Gasteiger partial charge in [0.05, 0.1) is 0 Å². The van der Waals surface area contributed by atoms with Crippen LogP contribution >= 0.6 is 0 Å². The number of nitrogens with one attached hydrogen (secondary N) is 2. The van der Waals surface area contributed by atoms with E-state index in [0.717, 1.165) is 37.4 Å². The molecule has 1 aromatic carbocycles. The minimum absolute atomic E-state index is 0.119. The van der Waals surface area contributed by atoms with E-state index in [9.17, 15) is 14.4 Å². The number of hydrogen-bond acceptors (Lipinski definition) is 5. The van der Waals surface area contributed by atoms with Crippen molar-refractivity contribution in [1.82, 2.24) is 15.5 Å².